The number of esters is 1. The van der Waals surface area contributed by atoms with Crippen LogP contribution in [0.15, 0.2) is 22.9 Å². The molecule has 0 saturated carbocycles. The maximum Gasteiger partial charge on any atom is 0.307 e. The summed E-state index contributed by atoms with van der Waals surface area (Å²) in [6, 6.07) is 3.21. The average molecular weight is 377 g/mol. The molecule has 0 aliphatic carbocycles. The average Bonchev–Trinajstić information content (AvgIpc) is 2.37. The minimum atomic E-state index is -1.29. The normalized spacial score (nSPS) is 14.5. The Morgan fingerprint density at radius 2 is 2.19 bits per heavy atom. The molecule has 0 aliphatic rings. The molecule has 0 radical (unpaired) electrons. The predicted octanol–water partition coefficient (Wildman–Crippen LogP) is 2.89. The zero-order valence-electron chi connectivity index (χ0n) is 12.7. The van der Waals surface area contributed by atoms with Crippen LogP contribution in [0.4, 0.5) is 0 Å². The van der Waals surface area contributed by atoms with Crippen molar-refractivity contribution in [2.75, 3.05) is 6.61 Å². The first-order chi connectivity index (χ1) is 9.74. The summed E-state index contributed by atoms with van der Waals surface area (Å²) in [5.41, 5.74) is 0.836. The number of nitrogens with one attached hydrogen (secondary N) is 1. The molecule has 0 fully saturated rings. The zero-order valence-corrected chi connectivity index (χ0v) is 15.1. The molecule has 0 amide bonds. The van der Waals surface area contributed by atoms with Gasteiger partial charge in [0.2, 0.25) is 0 Å². The lowest BCUT2D eigenvalue weighted by Crippen LogP contribution is -2.36. The molecule has 1 heterocycles. The van der Waals surface area contributed by atoms with Gasteiger partial charge >= 0.3 is 5.97 Å². The molecule has 1 aromatic rings. The second kappa shape index (κ2) is 8.00. The number of hydrogen-bond acceptors (Lipinski definition) is 4. The largest absolute Gasteiger partial charge is 0.466 e. The van der Waals surface area contributed by atoms with Gasteiger partial charge in [0.05, 0.1) is 34.8 Å². The van der Waals surface area contributed by atoms with E-state index in [0.717, 1.165) is 5.56 Å². The fourth-order valence-electron chi connectivity index (χ4n) is 1.55. The van der Waals surface area contributed by atoms with Gasteiger partial charge in [-0.1, -0.05) is 0 Å². The molecule has 2 atom stereocenters. The van der Waals surface area contributed by atoms with Crippen LogP contribution >= 0.6 is 15.9 Å². The van der Waals surface area contributed by atoms with Crippen LogP contribution in [0, 0.1) is 0 Å². The summed E-state index contributed by atoms with van der Waals surface area (Å²) in [5.74, 6) is -0.325. The van der Waals surface area contributed by atoms with Crippen molar-refractivity contribution in [1.29, 1.82) is 0 Å². The van der Waals surface area contributed by atoms with Crippen LogP contribution in [0.3, 0.4) is 0 Å². The topological polar surface area (TPSA) is 68.3 Å². The molecule has 0 bridgehead atoms. The van der Waals surface area contributed by atoms with Crippen LogP contribution in [0.5, 0.6) is 0 Å². The lowest BCUT2D eigenvalue weighted by Gasteiger charge is -2.24. The minimum Gasteiger partial charge on any atom is -0.466 e. The van der Waals surface area contributed by atoms with E-state index in [9.17, 15) is 9.00 Å². The quantitative estimate of drug-likeness (QED) is 0.612. The van der Waals surface area contributed by atoms with E-state index in [1.807, 2.05) is 20.8 Å². The maximum absolute atomic E-state index is 12.3. The Labute approximate surface area is 136 Å². The summed E-state index contributed by atoms with van der Waals surface area (Å²) in [7, 11) is -1.29. The molecule has 1 aromatic heterocycles. The van der Waals surface area contributed by atoms with E-state index in [4.69, 9.17) is 4.74 Å². The van der Waals surface area contributed by atoms with E-state index in [0.29, 0.717) is 11.2 Å². The highest BCUT2D eigenvalue weighted by Gasteiger charge is 2.25. The van der Waals surface area contributed by atoms with E-state index >= 15 is 0 Å². The van der Waals surface area contributed by atoms with E-state index in [2.05, 4.69) is 25.6 Å². The summed E-state index contributed by atoms with van der Waals surface area (Å²) in [6.07, 6.45) is 1.76. The smallest absolute Gasteiger partial charge is 0.307 e. The van der Waals surface area contributed by atoms with Crippen molar-refractivity contribution < 1.29 is 13.7 Å². The van der Waals surface area contributed by atoms with Gasteiger partial charge in [-0.2, -0.15) is 0 Å². The number of aromatic nitrogens is 1. The van der Waals surface area contributed by atoms with E-state index in [-0.39, 0.29) is 18.4 Å². The monoisotopic (exact) mass is 376 g/mol. The van der Waals surface area contributed by atoms with Crippen LogP contribution in [0.2, 0.25) is 0 Å². The lowest BCUT2D eigenvalue weighted by molar-refractivity contribution is -0.143. The van der Waals surface area contributed by atoms with Gasteiger partial charge < -0.3 is 4.74 Å². The van der Waals surface area contributed by atoms with Crippen molar-refractivity contribution in [3.05, 3.63) is 28.5 Å². The number of carbonyl (C=O) groups is 1. The second-order valence-corrected chi connectivity index (χ2v) is 8.28. The van der Waals surface area contributed by atoms with Crippen LogP contribution in [0.1, 0.15) is 45.7 Å². The number of pyridine rings is 1. The van der Waals surface area contributed by atoms with Crippen molar-refractivity contribution in [2.45, 2.75) is 44.9 Å². The summed E-state index contributed by atoms with van der Waals surface area (Å²) < 4.78 is 20.5. The first-order valence-corrected chi connectivity index (χ1v) is 8.63. The Hall–Kier alpha value is -0.790. The standard InChI is InChI=1S/C14H21BrN2O3S/c1-5-20-13(18)9-11(17-21(19)14(2,3)4)10-6-7-16-12(15)8-10/h6-8,11,17H,5,9H2,1-4H3/t11-,21+/m0/s1. The van der Waals surface area contributed by atoms with Crippen molar-refractivity contribution >= 4 is 32.9 Å². The Bertz CT molecular complexity index is 517. The number of ether oxygens (including phenoxy) is 1. The molecular formula is C14H21BrN2O3S. The fourth-order valence-corrected chi connectivity index (χ4v) is 2.77. The SMILES string of the molecule is CCOC(=O)C[C@H](N[S@](=O)C(C)(C)C)c1ccnc(Br)c1. The molecule has 1 rings (SSSR count). The van der Waals surface area contributed by atoms with Crippen LogP contribution in [-0.4, -0.2) is 26.5 Å². The number of hydrogen-bond donors (Lipinski definition) is 1. The number of halogens is 1. The molecular weight excluding hydrogens is 356 g/mol. The molecule has 0 aromatic carbocycles. The van der Waals surface area contributed by atoms with Gasteiger partial charge in [-0.15, -0.1) is 0 Å². The summed E-state index contributed by atoms with van der Waals surface area (Å²) in [4.78, 5) is 15.8. The first kappa shape index (κ1) is 18.3. The summed E-state index contributed by atoms with van der Waals surface area (Å²) in [6.45, 7) is 7.71. The van der Waals surface area contributed by atoms with Crippen LogP contribution in [0.25, 0.3) is 0 Å². The molecule has 21 heavy (non-hydrogen) atoms. The number of nitrogens with zero attached hydrogens (tertiary/aromatic N) is 1. The zero-order chi connectivity index (χ0) is 16.0. The van der Waals surface area contributed by atoms with Crippen molar-refractivity contribution in [3.63, 3.8) is 0 Å². The Balaban J connectivity index is 2.94. The first-order valence-electron chi connectivity index (χ1n) is 6.69. The second-order valence-electron chi connectivity index (χ2n) is 5.47. The van der Waals surface area contributed by atoms with Crippen LogP contribution < -0.4 is 4.72 Å². The minimum absolute atomic E-state index is 0.117. The molecule has 5 nitrogen and oxygen atoms in total. The van der Waals surface area contributed by atoms with Gasteiger partial charge in [0.15, 0.2) is 0 Å². The lowest BCUT2D eigenvalue weighted by atomic mass is 10.1. The summed E-state index contributed by atoms with van der Waals surface area (Å²) >= 11 is 3.30. The highest BCUT2D eigenvalue weighted by molar-refractivity contribution is 9.10. The fraction of sp³-hybridized carbons (Fsp3) is 0.571. The van der Waals surface area contributed by atoms with Gasteiger partial charge in [-0.3, -0.25) is 4.79 Å². The van der Waals surface area contributed by atoms with Gasteiger partial charge in [0, 0.05) is 6.20 Å². The number of carbonyl (C=O) groups excluding carboxylic acids is 1. The number of rotatable bonds is 6. The van der Waals surface area contributed by atoms with Crippen molar-refractivity contribution in [3.8, 4) is 0 Å². The van der Waals surface area contributed by atoms with Crippen LogP contribution in [-0.2, 0) is 20.5 Å². The van der Waals surface area contributed by atoms with E-state index < -0.39 is 15.7 Å². The van der Waals surface area contributed by atoms with Gasteiger partial charge in [-0.05, 0) is 61.3 Å². The third kappa shape index (κ3) is 6.23. The predicted molar refractivity (Wildman–Crippen MR) is 87.0 cm³/mol. The Morgan fingerprint density at radius 3 is 2.71 bits per heavy atom. The molecule has 0 saturated heterocycles. The van der Waals surface area contributed by atoms with E-state index in [1.54, 1.807) is 25.3 Å². The van der Waals surface area contributed by atoms with Crippen molar-refractivity contribution in [2.24, 2.45) is 0 Å². The molecule has 118 valence electrons. The highest BCUT2D eigenvalue weighted by Crippen LogP contribution is 2.22. The van der Waals surface area contributed by atoms with Gasteiger partial charge in [0.25, 0.3) is 0 Å². The molecule has 0 unspecified atom stereocenters. The van der Waals surface area contributed by atoms with Crippen molar-refractivity contribution in [1.82, 2.24) is 9.71 Å². The molecule has 1 N–H and O–H groups in total. The Kier molecular flexibility index (Phi) is 6.96. The van der Waals surface area contributed by atoms with E-state index in [1.165, 1.54) is 0 Å². The van der Waals surface area contributed by atoms with Gasteiger partial charge in [0.1, 0.15) is 4.60 Å². The highest BCUT2D eigenvalue weighted by atomic mass is 79.9. The maximum atomic E-state index is 12.3. The third-order valence-corrected chi connectivity index (χ3v) is 4.68. The molecule has 7 heteroatoms. The molecule has 0 spiro atoms. The third-order valence-electron chi connectivity index (χ3n) is 2.63. The Morgan fingerprint density at radius 1 is 1.52 bits per heavy atom. The van der Waals surface area contributed by atoms with Gasteiger partial charge in [-0.25, -0.2) is 13.9 Å². The summed E-state index contributed by atoms with van der Waals surface area (Å²) in [5, 5.41) is 0. The molecule has 0 aliphatic heterocycles.